The molecular weight excluding hydrogens is 331 g/mol. The van der Waals surface area contributed by atoms with Gasteiger partial charge in [-0.1, -0.05) is 29.8 Å². The van der Waals surface area contributed by atoms with Crippen molar-refractivity contribution < 1.29 is 17.6 Å². The zero-order chi connectivity index (χ0) is 17.7. The molecule has 2 rings (SSSR count). The van der Waals surface area contributed by atoms with E-state index in [0.29, 0.717) is 11.3 Å². The molecule has 1 N–H and O–H groups in total. The molecule has 0 aliphatic carbocycles. The molecule has 0 bridgehead atoms. The zero-order valence-electron chi connectivity index (χ0n) is 13.5. The molecule has 2 aromatic rings. The number of hydrogen-bond acceptors (Lipinski definition) is 3. The third kappa shape index (κ3) is 5.43. The number of anilines is 1. The number of nitrogens with zero attached hydrogens (tertiary/aromatic N) is 1. The lowest BCUT2D eigenvalue weighted by Gasteiger charge is -2.19. The molecule has 0 saturated heterocycles. The van der Waals surface area contributed by atoms with Crippen molar-refractivity contribution in [2.24, 2.45) is 0 Å². The highest BCUT2D eigenvalue weighted by molar-refractivity contribution is 7.88. The van der Waals surface area contributed by atoms with Crippen molar-refractivity contribution in [3.05, 3.63) is 65.5 Å². The summed E-state index contributed by atoms with van der Waals surface area (Å²) in [6.07, 6.45) is 1.04. The van der Waals surface area contributed by atoms with E-state index in [-0.39, 0.29) is 13.1 Å². The van der Waals surface area contributed by atoms with E-state index in [9.17, 15) is 17.6 Å². The maximum atomic E-state index is 12.9. The van der Waals surface area contributed by atoms with Crippen molar-refractivity contribution in [3.8, 4) is 0 Å². The predicted molar refractivity (Wildman–Crippen MR) is 91.5 cm³/mol. The van der Waals surface area contributed by atoms with Crippen LogP contribution in [0.3, 0.4) is 0 Å². The van der Waals surface area contributed by atoms with Crippen molar-refractivity contribution in [3.63, 3.8) is 0 Å². The van der Waals surface area contributed by atoms with Crippen LogP contribution in [-0.2, 0) is 21.4 Å². The fourth-order valence-electron chi connectivity index (χ4n) is 2.08. The van der Waals surface area contributed by atoms with Crippen LogP contribution in [0.25, 0.3) is 0 Å². The monoisotopic (exact) mass is 350 g/mol. The smallest absolute Gasteiger partial charge is 0.239 e. The second-order valence-corrected chi connectivity index (χ2v) is 7.55. The molecule has 0 unspecified atom stereocenters. The minimum atomic E-state index is -3.59. The maximum absolute atomic E-state index is 12.9. The van der Waals surface area contributed by atoms with Gasteiger partial charge in [0.15, 0.2) is 0 Å². The lowest BCUT2D eigenvalue weighted by Crippen LogP contribution is -2.36. The fraction of sp³-hybridized carbons (Fsp3) is 0.235. The molecule has 0 aromatic heterocycles. The zero-order valence-corrected chi connectivity index (χ0v) is 14.3. The Bertz CT molecular complexity index is 803. The van der Waals surface area contributed by atoms with E-state index in [1.807, 2.05) is 19.1 Å². The van der Waals surface area contributed by atoms with Crippen LogP contribution in [0, 0.1) is 12.7 Å². The van der Waals surface area contributed by atoms with Crippen LogP contribution in [-0.4, -0.2) is 31.4 Å². The molecule has 0 heterocycles. The lowest BCUT2D eigenvalue weighted by atomic mass is 10.2. The molecule has 128 valence electrons. The van der Waals surface area contributed by atoms with Crippen molar-refractivity contribution >= 4 is 21.6 Å². The Labute approximate surface area is 141 Å². The normalized spacial score (nSPS) is 11.5. The van der Waals surface area contributed by atoms with Gasteiger partial charge in [-0.05, 0) is 36.8 Å². The third-order valence-corrected chi connectivity index (χ3v) is 4.59. The van der Waals surface area contributed by atoms with Crippen LogP contribution in [0.15, 0.2) is 48.5 Å². The van der Waals surface area contributed by atoms with Crippen molar-refractivity contribution in [1.29, 1.82) is 0 Å². The molecule has 0 aliphatic rings. The molecule has 0 radical (unpaired) electrons. The van der Waals surface area contributed by atoms with Crippen LogP contribution in [0.5, 0.6) is 0 Å². The first-order valence-electron chi connectivity index (χ1n) is 7.30. The summed E-state index contributed by atoms with van der Waals surface area (Å²) < 4.78 is 37.8. The van der Waals surface area contributed by atoms with Gasteiger partial charge in [0, 0.05) is 12.2 Å². The Morgan fingerprint density at radius 1 is 1.08 bits per heavy atom. The highest BCUT2D eigenvalue weighted by Gasteiger charge is 2.20. The van der Waals surface area contributed by atoms with Gasteiger partial charge >= 0.3 is 0 Å². The van der Waals surface area contributed by atoms with Crippen molar-refractivity contribution in [2.45, 2.75) is 13.5 Å². The number of aryl methyl sites for hydroxylation is 1. The molecule has 0 aliphatic heterocycles. The van der Waals surface area contributed by atoms with Crippen LogP contribution in [0.1, 0.15) is 11.1 Å². The Balaban J connectivity index is 2.06. The molecule has 0 atom stereocenters. The van der Waals surface area contributed by atoms with Gasteiger partial charge < -0.3 is 5.32 Å². The van der Waals surface area contributed by atoms with E-state index >= 15 is 0 Å². The number of carbonyl (C=O) groups excluding carboxylic acids is 1. The van der Waals surface area contributed by atoms with Crippen LogP contribution in [0.4, 0.5) is 10.1 Å². The number of sulfonamides is 1. The minimum Gasteiger partial charge on any atom is -0.325 e. The molecular formula is C17H19FN2O3S. The van der Waals surface area contributed by atoms with Crippen LogP contribution in [0.2, 0.25) is 0 Å². The molecule has 7 heteroatoms. The Kier molecular flexibility index (Phi) is 5.69. The van der Waals surface area contributed by atoms with Gasteiger partial charge in [0.05, 0.1) is 12.8 Å². The first-order chi connectivity index (χ1) is 11.2. The second-order valence-electron chi connectivity index (χ2n) is 5.57. The van der Waals surface area contributed by atoms with E-state index in [2.05, 4.69) is 5.32 Å². The van der Waals surface area contributed by atoms with Crippen molar-refractivity contribution in [1.82, 2.24) is 4.31 Å². The SMILES string of the molecule is Cc1ccc(NC(=O)CN(Cc2ccc(F)cc2)S(C)(=O)=O)cc1. The van der Waals surface area contributed by atoms with Gasteiger partial charge in [-0.3, -0.25) is 4.79 Å². The van der Waals surface area contributed by atoms with Gasteiger partial charge in [-0.25, -0.2) is 12.8 Å². The summed E-state index contributed by atoms with van der Waals surface area (Å²) in [7, 11) is -3.59. The van der Waals surface area contributed by atoms with E-state index in [1.54, 1.807) is 12.1 Å². The van der Waals surface area contributed by atoms with E-state index in [1.165, 1.54) is 24.3 Å². The number of amides is 1. The summed E-state index contributed by atoms with van der Waals surface area (Å²) in [4.78, 5) is 12.1. The molecule has 24 heavy (non-hydrogen) atoms. The molecule has 0 fully saturated rings. The summed E-state index contributed by atoms with van der Waals surface area (Å²) in [6, 6.07) is 12.7. The van der Waals surface area contributed by atoms with E-state index in [4.69, 9.17) is 0 Å². The Morgan fingerprint density at radius 2 is 1.67 bits per heavy atom. The molecule has 2 aromatic carbocycles. The molecule has 0 spiro atoms. The van der Waals surface area contributed by atoms with Gasteiger partial charge in [-0.2, -0.15) is 4.31 Å². The first-order valence-corrected chi connectivity index (χ1v) is 9.15. The largest absolute Gasteiger partial charge is 0.325 e. The standard InChI is InChI=1S/C17H19FN2O3S/c1-13-3-9-16(10-4-13)19-17(21)12-20(24(2,22)23)11-14-5-7-15(18)8-6-14/h3-10H,11-12H2,1-2H3,(H,19,21). The highest BCUT2D eigenvalue weighted by Crippen LogP contribution is 2.12. The summed E-state index contributed by atoms with van der Waals surface area (Å²) in [6.45, 7) is 1.62. The number of nitrogens with one attached hydrogen (secondary N) is 1. The maximum Gasteiger partial charge on any atom is 0.239 e. The average molecular weight is 350 g/mol. The van der Waals surface area contributed by atoms with E-state index < -0.39 is 21.7 Å². The topological polar surface area (TPSA) is 66.5 Å². The highest BCUT2D eigenvalue weighted by atomic mass is 32.2. The summed E-state index contributed by atoms with van der Waals surface area (Å²) in [5.41, 5.74) is 2.26. The third-order valence-electron chi connectivity index (χ3n) is 3.40. The first kappa shape index (κ1) is 18.1. The van der Waals surface area contributed by atoms with Crippen LogP contribution < -0.4 is 5.32 Å². The number of hydrogen-bond donors (Lipinski definition) is 1. The lowest BCUT2D eigenvalue weighted by molar-refractivity contribution is -0.116. The molecule has 5 nitrogen and oxygen atoms in total. The quantitative estimate of drug-likeness (QED) is 0.871. The van der Waals surface area contributed by atoms with Gasteiger partial charge in [-0.15, -0.1) is 0 Å². The van der Waals surface area contributed by atoms with Gasteiger partial charge in [0.1, 0.15) is 5.82 Å². The van der Waals surface area contributed by atoms with Crippen molar-refractivity contribution in [2.75, 3.05) is 18.1 Å². The minimum absolute atomic E-state index is 0.000428. The number of halogens is 1. The summed E-state index contributed by atoms with van der Waals surface area (Å²) in [5.74, 6) is -0.840. The fourth-order valence-corrected chi connectivity index (χ4v) is 2.82. The Morgan fingerprint density at radius 3 is 2.21 bits per heavy atom. The number of carbonyl (C=O) groups is 1. The van der Waals surface area contributed by atoms with E-state index in [0.717, 1.165) is 16.1 Å². The number of benzene rings is 2. The predicted octanol–water partition coefficient (Wildman–Crippen LogP) is 2.53. The summed E-state index contributed by atoms with van der Waals surface area (Å²) >= 11 is 0. The average Bonchev–Trinajstić information content (AvgIpc) is 2.50. The Hall–Kier alpha value is -2.25. The molecule has 0 saturated carbocycles. The second kappa shape index (κ2) is 7.55. The molecule has 1 amide bonds. The number of rotatable bonds is 6. The summed E-state index contributed by atoms with van der Waals surface area (Å²) in [5, 5.41) is 2.66. The van der Waals surface area contributed by atoms with Gasteiger partial charge in [0.2, 0.25) is 15.9 Å². The van der Waals surface area contributed by atoms with Crippen LogP contribution >= 0.6 is 0 Å². The van der Waals surface area contributed by atoms with Gasteiger partial charge in [0.25, 0.3) is 0 Å².